The summed E-state index contributed by atoms with van der Waals surface area (Å²) in [6, 6.07) is 9.86. The molecule has 1 amide bonds. The summed E-state index contributed by atoms with van der Waals surface area (Å²) in [5.41, 5.74) is -0.313. The number of aromatic carboxylic acids is 1. The normalized spacial score (nSPS) is 16.0. The van der Waals surface area contributed by atoms with Crippen molar-refractivity contribution in [3.8, 4) is 5.75 Å². The van der Waals surface area contributed by atoms with Crippen molar-refractivity contribution in [1.82, 2.24) is 4.90 Å². The van der Waals surface area contributed by atoms with Crippen molar-refractivity contribution in [1.29, 1.82) is 0 Å². The van der Waals surface area contributed by atoms with Gasteiger partial charge in [0.05, 0.1) is 18.3 Å². The maximum Gasteiger partial charge on any atom is 0.335 e. The van der Waals surface area contributed by atoms with E-state index in [2.05, 4.69) is 0 Å². The number of methoxy groups -OCH3 is 1. The topological polar surface area (TPSA) is 87.1 Å². The van der Waals surface area contributed by atoms with Crippen LogP contribution >= 0.6 is 0 Å². The average molecular weight is 373 g/mol. The molecule has 142 valence electrons. The average Bonchev–Trinajstić information content (AvgIpc) is 2.68. The number of hydrogen-bond donors (Lipinski definition) is 2. The second-order valence-electron chi connectivity index (χ2n) is 6.59. The van der Waals surface area contributed by atoms with Crippen LogP contribution in [0.2, 0.25) is 0 Å². The molecule has 0 saturated carbocycles. The summed E-state index contributed by atoms with van der Waals surface area (Å²) in [4.78, 5) is 25.6. The minimum Gasteiger partial charge on any atom is -0.497 e. The summed E-state index contributed by atoms with van der Waals surface area (Å²) >= 11 is 0. The summed E-state index contributed by atoms with van der Waals surface area (Å²) < 4.78 is 18.2. The maximum atomic E-state index is 13.1. The zero-order valence-electron chi connectivity index (χ0n) is 14.8. The first kappa shape index (κ1) is 18.8. The lowest BCUT2D eigenvalue weighted by Gasteiger charge is -2.38. The van der Waals surface area contributed by atoms with Gasteiger partial charge in [0.15, 0.2) is 0 Å². The van der Waals surface area contributed by atoms with Crippen LogP contribution in [0.5, 0.6) is 5.75 Å². The highest BCUT2D eigenvalue weighted by Crippen LogP contribution is 2.33. The summed E-state index contributed by atoms with van der Waals surface area (Å²) in [5.74, 6) is -1.55. The van der Waals surface area contributed by atoms with Crippen LogP contribution in [0.4, 0.5) is 4.39 Å². The molecule has 0 aliphatic carbocycles. The van der Waals surface area contributed by atoms with E-state index >= 15 is 0 Å². The number of rotatable bonds is 4. The van der Waals surface area contributed by atoms with Crippen LogP contribution in [0.1, 0.15) is 39.1 Å². The lowest BCUT2D eigenvalue weighted by Crippen LogP contribution is -2.45. The van der Waals surface area contributed by atoms with Crippen LogP contribution in [0.25, 0.3) is 0 Å². The SMILES string of the molecule is COc1cc(C(=O)O)cc(C(=O)N2CCC(O)(c3ccc(F)cc3)CC2)c1. The molecule has 1 heterocycles. The molecule has 0 bridgehead atoms. The predicted molar refractivity (Wildman–Crippen MR) is 95.4 cm³/mol. The Bertz CT molecular complexity index is 857. The number of carbonyl (C=O) groups is 2. The molecule has 2 aromatic rings. The fourth-order valence-corrected chi connectivity index (χ4v) is 3.27. The molecule has 1 aliphatic rings. The van der Waals surface area contributed by atoms with E-state index in [0.717, 1.165) is 0 Å². The molecular weight excluding hydrogens is 353 g/mol. The number of piperidine rings is 1. The molecule has 7 heteroatoms. The minimum absolute atomic E-state index is 0.0301. The number of amides is 1. The molecule has 1 saturated heterocycles. The number of aliphatic hydroxyl groups is 1. The Hall–Kier alpha value is -2.93. The van der Waals surface area contributed by atoms with Crippen LogP contribution in [-0.2, 0) is 5.60 Å². The molecule has 0 unspecified atom stereocenters. The number of carbonyl (C=O) groups excluding carboxylic acids is 1. The van der Waals surface area contributed by atoms with Crippen LogP contribution in [0, 0.1) is 5.82 Å². The van der Waals surface area contributed by atoms with Gasteiger partial charge in [0, 0.05) is 18.7 Å². The minimum atomic E-state index is -1.15. The molecule has 3 rings (SSSR count). The standard InChI is InChI=1S/C20H20FNO5/c1-27-17-11-13(10-14(12-17)19(24)25)18(23)22-8-6-20(26,7-9-22)15-2-4-16(21)5-3-15/h2-5,10-12,26H,6-9H2,1H3,(H,24,25). The van der Waals surface area contributed by atoms with Gasteiger partial charge in [-0.05, 0) is 48.7 Å². The van der Waals surface area contributed by atoms with Gasteiger partial charge in [-0.3, -0.25) is 4.79 Å². The highest BCUT2D eigenvalue weighted by molar-refractivity contribution is 5.98. The quantitative estimate of drug-likeness (QED) is 0.860. The Morgan fingerprint density at radius 2 is 1.67 bits per heavy atom. The van der Waals surface area contributed by atoms with Gasteiger partial charge in [0.1, 0.15) is 11.6 Å². The monoisotopic (exact) mass is 373 g/mol. The highest BCUT2D eigenvalue weighted by Gasteiger charge is 2.35. The summed E-state index contributed by atoms with van der Waals surface area (Å²) in [6.45, 7) is 0.596. The van der Waals surface area contributed by atoms with Gasteiger partial charge < -0.3 is 19.8 Å². The van der Waals surface area contributed by atoms with Crippen molar-refractivity contribution in [3.63, 3.8) is 0 Å². The second kappa shape index (κ2) is 7.36. The van der Waals surface area contributed by atoms with Crippen LogP contribution < -0.4 is 4.74 Å². The first-order valence-electron chi connectivity index (χ1n) is 8.52. The molecule has 1 fully saturated rings. The van der Waals surface area contributed by atoms with Gasteiger partial charge in [-0.1, -0.05) is 12.1 Å². The molecule has 0 atom stereocenters. The number of benzene rings is 2. The van der Waals surface area contributed by atoms with Gasteiger partial charge in [0.25, 0.3) is 5.91 Å². The fraction of sp³-hybridized carbons (Fsp3) is 0.300. The number of hydrogen-bond acceptors (Lipinski definition) is 4. The van der Waals surface area contributed by atoms with E-state index in [1.807, 2.05) is 0 Å². The Balaban J connectivity index is 1.76. The lowest BCUT2D eigenvalue weighted by molar-refractivity contribution is -0.0211. The second-order valence-corrected chi connectivity index (χ2v) is 6.59. The Morgan fingerprint density at radius 1 is 1.07 bits per heavy atom. The molecule has 2 N–H and O–H groups in total. The number of carboxylic acids is 1. The summed E-state index contributed by atoms with van der Waals surface area (Å²) in [5, 5.41) is 20.0. The van der Waals surface area contributed by atoms with E-state index in [9.17, 15) is 24.2 Å². The van der Waals surface area contributed by atoms with Crippen molar-refractivity contribution >= 4 is 11.9 Å². The fourth-order valence-electron chi connectivity index (χ4n) is 3.27. The lowest BCUT2D eigenvalue weighted by atomic mass is 9.84. The van der Waals surface area contributed by atoms with E-state index < -0.39 is 11.6 Å². The highest BCUT2D eigenvalue weighted by atomic mass is 19.1. The van der Waals surface area contributed by atoms with E-state index in [4.69, 9.17) is 4.74 Å². The number of likely N-dealkylation sites (tertiary alicyclic amines) is 1. The summed E-state index contributed by atoms with van der Waals surface area (Å²) in [7, 11) is 1.40. The number of nitrogens with zero attached hydrogens (tertiary/aromatic N) is 1. The predicted octanol–water partition coefficient (Wildman–Crippen LogP) is 2.66. The number of carboxylic acid groups (broad SMARTS) is 1. The molecule has 27 heavy (non-hydrogen) atoms. The smallest absolute Gasteiger partial charge is 0.335 e. The third-order valence-corrected chi connectivity index (χ3v) is 4.90. The molecule has 0 radical (unpaired) electrons. The Kier molecular flexibility index (Phi) is 5.14. The van der Waals surface area contributed by atoms with Gasteiger partial charge in [-0.2, -0.15) is 0 Å². The van der Waals surface area contributed by atoms with Gasteiger partial charge in [-0.15, -0.1) is 0 Å². The van der Waals surface area contributed by atoms with Crippen molar-refractivity contribution in [2.45, 2.75) is 18.4 Å². The van der Waals surface area contributed by atoms with E-state index in [-0.39, 0.29) is 28.6 Å². The first-order chi connectivity index (χ1) is 12.8. The zero-order valence-corrected chi connectivity index (χ0v) is 14.8. The third-order valence-electron chi connectivity index (χ3n) is 4.90. The van der Waals surface area contributed by atoms with Crippen molar-refractivity contribution in [2.75, 3.05) is 20.2 Å². The van der Waals surface area contributed by atoms with Crippen LogP contribution in [0.3, 0.4) is 0 Å². The molecule has 1 aliphatic heterocycles. The van der Waals surface area contributed by atoms with Crippen LogP contribution in [0.15, 0.2) is 42.5 Å². The van der Waals surface area contributed by atoms with Gasteiger partial charge in [-0.25, -0.2) is 9.18 Å². The van der Waals surface area contributed by atoms with Crippen LogP contribution in [-0.4, -0.2) is 47.2 Å². The number of halogens is 1. The van der Waals surface area contributed by atoms with Gasteiger partial charge in [0.2, 0.25) is 0 Å². The van der Waals surface area contributed by atoms with E-state index in [0.29, 0.717) is 31.5 Å². The maximum absolute atomic E-state index is 13.1. The van der Waals surface area contributed by atoms with Crippen molar-refractivity contribution in [2.24, 2.45) is 0 Å². The summed E-state index contributed by atoms with van der Waals surface area (Å²) in [6.07, 6.45) is 0.611. The van der Waals surface area contributed by atoms with Gasteiger partial charge >= 0.3 is 5.97 Å². The third kappa shape index (κ3) is 3.93. The first-order valence-corrected chi connectivity index (χ1v) is 8.52. The molecule has 0 aromatic heterocycles. The zero-order chi connectivity index (χ0) is 19.6. The largest absolute Gasteiger partial charge is 0.497 e. The van der Waals surface area contributed by atoms with Crippen molar-refractivity contribution in [3.05, 3.63) is 65.0 Å². The van der Waals surface area contributed by atoms with Crippen molar-refractivity contribution < 1.29 is 28.9 Å². The molecule has 0 spiro atoms. The Labute approximate surface area is 155 Å². The van der Waals surface area contributed by atoms with E-state index in [1.165, 1.54) is 37.4 Å². The number of ether oxygens (including phenoxy) is 1. The van der Waals surface area contributed by atoms with E-state index in [1.54, 1.807) is 17.0 Å². The molecular formula is C20H20FNO5. The molecule has 6 nitrogen and oxygen atoms in total. The molecule has 2 aromatic carbocycles. The Morgan fingerprint density at radius 3 is 2.22 bits per heavy atom.